The third-order valence-electron chi connectivity index (χ3n) is 0.432. The van der Waals surface area contributed by atoms with Crippen LogP contribution in [-0.2, 0) is 4.79 Å². The summed E-state index contributed by atoms with van der Waals surface area (Å²) in [6.45, 7) is 3.50. The molecule has 0 amide bonds. The van der Waals surface area contributed by atoms with Gasteiger partial charge in [0.2, 0.25) is 0 Å². The maximum atomic E-state index is 9.49. The van der Waals surface area contributed by atoms with E-state index < -0.39 is 19.2 Å². The van der Waals surface area contributed by atoms with Gasteiger partial charge in [-0.1, -0.05) is 6.58 Å². The van der Waals surface area contributed by atoms with Gasteiger partial charge in [0.25, 0.3) is 0 Å². The van der Waals surface area contributed by atoms with Crippen molar-refractivity contribution in [3.8, 4) is 0 Å². The van der Waals surface area contributed by atoms with E-state index in [4.69, 9.17) is 10.2 Å². The Morgan fingerprint density at radius 2 is 1.31 bits per heavy atom. The molecule has 0 aliphatic rings. The second-order valence-electron chi connectivity index (χ2n) is 1.48. The van der Waals surface area contributed by atoms with Gasteiger partial charge < -0.3 is 20.1 Å². The third-order valence-corrected chi connectivity index (χ3v) is 0.432. The van der Waals surface area contributed by atoms with Crippen LogP contribution in [-0.4, -0.2) is 19.2 Å². The molecule has 0 aromatic carbocycles. The minimum Gasteiger partial charge on any atom is -0.855 e. The number of carbonyl (C=O) groups excluding carboxylic acids is 1. The maximum absolute atomic E-state index is 9.49. The maximum Gasteiger partial charge on any atom is 1.00 e. The van der Waals surface area contributed by atoms with Gasteiger partial charge in [-0.25, -0.2) is 0 Å². The normalized spacial score (nSPS) is 5.77. The van der Waals surface area contributed by atoms with E-state index in [1.54, 1.807) is 0 Å². The van der Waals surface area contributed by atoms with Crippen LogP contribution in [0, 0.1) is 0 Å². The molecule has 7 heteroatoms. The molecule has 0 rings (SSSR count). The van der Waals surface area contributed by atoms with Crippen LogP contribution >= 0.6 is 0 Å². The first-order valence-corrected chi connectivity index (χ1v) is 2.59. The van der Waals surface area contributed by atoms with Gasteiger partial charge in [-0.15, -0.1) is 0 Å². The van der Waals surface area contributed by atoms with Gasteiger partial charge in [-0.2, -0.15) is 13.2 Å². The van der Waals surface area contributed by atoms with Gasteiger partial charge in [-0.05, 0) is 12.5 Å². The Bertz CT molecular complexity index is 104. The summed E-state index contributed by atoms with van der Waals surface area (Å²) < 4.78 is 0. The zero-order chi connectivity index (χ0) is 8.57. The van der Waals surface area contributed by atoms with Crippen molar-refractivity contribution in [3.63, 3.8) is 0 Å². The Kier molecular flexibility index (Phi) is 53.8. The van der Waals surface area contributed by atoms with Gasteiger partial charge in [0.05, 0.1) is 5.97 Å². The van der Waals surface area contributed by atoms with Gasteiger partial charge in [0, 0.05) is 0 Å². The molecule has 0 saturated carbocycles. The van der Waals surface area contributed by atoms with Crippen LogP contribution in [0.25, 0.3) is 0 Å². The number of carboxylic acids is 1. The second-order valence-corrected chi connectivity index (χ2v) is 1.48. The largest absolute Gasteiger partial charge is 1.00 e. The predicted molar refractivity (Wildman–Crippen MR) is 29.6 cm³/mol. The first-order valence-electron chi connectivity index (χ1n) is 2.59. The summed E-state index contributed by atoms with van der Waals surface area (Å²) in [6, 6.07) is 0. The van der Waals surface area contributed by atoms with Crippen molar-refractivity contribution in [2.45, 2.75) is 6.92 Å². The van der Waals surface area contributed by atoms with E-state index in [1.807, 2.05) is 0 Å². The van der Waals surface area contributed by atoms with Gasteiger partial charge >= 0.3 is 88.7 Å². The van der Waals surface area contributed by atoms with Crippen molar-refractivity contribution >= 4 is 5.97 Å². The minimum atomic E-state index is -1.19. The topological polar surface area (TPSA) is 86.2 Å². The van der Waals surface area contributed by atoms with Crippen molar-refractivity contribution in [3.05, 3.63) is 12.2 Å². The molecular weight excluding hydrogens is 205 g/mol. The molecule has 0 atom stereocenters. The summed E-state index contributed by atoms with van der Waals surface area (Å²) in [5.41, 5.74) is 0.0648. The number of aliphatic carboxylic acids is 1. The van der Waals surface area contributed by atoms with Gasteiger partial charge in [0.15, 0.2) is 0 Å². The van der Waals surface area contributed by atoms with E-state index in [-0.39, 0.29) is 94.2 Å². The van der Waals surface area contributed by atoms with E-state index in [0.717, 1.165) is 0 Å². The number of hydrogen-bond acceptors (Lipinski definition) is 4. The average molecular weight is 214 g/mol. The summed E-state index contributed by atoms with van der Waals surface area (Å²) in [7, 11) is 0. The zero-order valence-corrected chi connectivity index (χ0v) is 14.8. The Morgan fingerprint density at radius 3 is 1.31 bits per heavy atom. The Labute approximate surface area is 145 Å². The molecule has 0 radical (unpaired) electrons. The van der Waals surface area contributed by atoms with Crippen molar-refractivity contribution in [2.24, 2.45) is 0 Å². The molecule has 0 aliphatic heterocycles. The molecule has 0 N–H and O–H groups in total. The van der Waals surface area contributed by atoms with Crippen LogP contribution in [0.2, 0.25) is 0 Å². The summed E-state index contributed by atoms with van der Waals surface area (Å²) in [6.07, 6.45) is 0. The number of hydrogen-bond donors (Lipinski definition) is 0. The monoisotopic (exact) mass is 214 g/mol. The molecule has 60 valence electrons. The molecule has 0 aliphatic carbocycles. The van der Waals surface area contributed by atoms with Gasteiger partial charge in [0.1, 0.15) is 0 Å². The molecule has 4 nitrogen and oxygen atoms in total. The minimum absolute atomic E-state index is 0. The number of carbonyl (C=O) groups is 1. The summed E-state index contributed by atoms with van der Waals surface area (Å²) >= 11 is 0. The fraction of sp³-hybridized carbons (Fsp3) is 0.500. The first kappa shape index (κ1) is 29.4. The molecule has 0 fully saturated rings. The summed E-state index contributed by atoms with van der Waals surface area (Å²) in [5.74, 6) is -1.19. The van der Waals surface area contributed by atoms with E-state index >= 15 is 0 Å². The average Bonchev–Trinajstić information content (AvgIpc) is 1.89. The molecule has 0 bridgehead atoms. The number of rotatable bonds is 2. The fourth-order valence-corrected chi connectivity index (χ4v) is 0. The molecule has 0 unspecified atom stereocenters. The standard InChI is InChI=1S/C4H6O2.C2H4O2.3Na/c1-3(2)4(5)6;3-1-2-4;;;/h1H2,2H3,(H,5,6);1-2H2;;;/q;-2;3*+1/p-1. The molecule has 0 aromatic rings. The second kappa shape index (κ2) is 23.7. The molecule has 0 heterocycles. The van der Waals surface area contributed by atoms with E-state index in [1.165, 1.54) is 6.92 Å². The molecule has 0 saturated heterocycles. The quantitative estimate of drug-likeness (QED) is 0.337. The fourth-order valence-electron chi connectivity index (χ4n) is 0. The van der Waals surface area contributed by atoms with Crippen molar-refractivity contribution in [1.29, 1.82) is 0 Å². The van der Waals surface area contributed by atoms with E-state index in [2.05, 4.69) is 6.58 Å². The van der Waals surface area contributed by atoms with Crippen LogP contribution in [0.4, 0.5) is 0 Å². The molecule has 13 heavy (non-hydrogen) atoms. The Morgan fingerprint density at radius 1 is 1.15 bits per heavy atom. The zero-order valence-electron chi connectivity index (χ0n) is 8.75. The third kappa shape index (κ3) is 40.9. The van der Waals surface area contributed by atoms with E-state index in [9.17, 15) is 9.90 Å². The number of carboxylic acid groups (broad SMARTS) is 1. The van der Waals surface area contributed by atoms with Crippen molar-refractivity contribution in [1.82, 2.24) is 0 Å². The molecule has 0 aromatic heterocycles. The molecular formula is C6H9Na3O4. The Balaban J connectivity index is -0.0000000279. The van der Waals surface area contributed by atoms with Gasteiger partial charge in [-0.3, -0.25) is 0 Å². The van der Waals surface area contributed by atoms with Crippen LogP contribution < -0.4 is 104 Å². The van der Waals surface area contributed by atoms with Crippen LogP contribution in [0.3, 0.4) is 0 Å². The molecule has 0 spiro atoms. The van der Waals surface area contributed by atoms with Crippen LogP contribution in [0.5, 0.6) is 0 Å². The van der Waals surface area contributed by atoms with Crippen LogP contribution in [0.15, 0.2) is 12.2 Å². The SMILES string of the molecule is C=C(C)C(=O)[O-].[Na+].[Na+].[Na+].[O-]CC[O-]. The van der Waals surface area contributed by atoms with Crippen LogP contribution in [0.1, 0.15) is 6.92 Å². The van der Waals surface area contributed by atoms with Crippen molar-refractivity contribution in [2.75, 3.05) is 13.2 Å². The summed E-state index contributed by atoms with van der Waals surface area (Å²) in [4.78, 5) is 9.49. The van der Waals surface area contributed by atoms with Crippen molar-refractivity contribution < 1.29 is 109 Å². The Hall–Kier alpha value is 2.13. The predicted octanol–water partition coefficient (Wildman–Crippen LogP) is -12.0. The summed E-state index contributed by atoms with van der Waals surface area (Å²) in [5, 5.41) is 27.5. The smallest absolute Gasteiger partial charge is 0.855 e. The first-order chi connectivity index (χ1) is 4.56. The van der Waals surface area contributed by atoms with E-state index in [0.29, 0.717) is 0 Å².